The lowest BCUT2D eigenvalue weighted by molar-refractivity contribution is -0.136. The molecule has 1 fully saturated rings. The minimum absolute atomic E-state index is 0.00138. The standard InChI is InChI=1S/C23H35N3O4/c1-6-30-19-11-9-17(10-12-19)22(28)25-20(15(2)3)23(29)26-13-7-8-18(14-26)24-21(27)16(4)5/h9-12,15-16,18,20H,6-8,13-14H2,1-5H3,(H,24,27)(H,25,28). The predicted octanol–water partition coefficient (Wildman–Crippen LogP) is 2.60. The van der Waals surface area contributed by atoms with Crippen LogP contribution in [0.5, 0.6) is 5.75 Å². The summed E-state index contributed by atoms with van der Waals surface area (Å²) in [6, 6.07) is 6.21. The number of hydrogen-bond acceptors (Lipinski definition) is 4. The van der Waals surface area contributed by atoms with Crippen LogP contribution in [0.15, 0.2) is 24.3 Å². The molecule has 7 heteroatoms. The van der Waals surface area contributed by atoms with Crippen LogP contribution in [0.1, 0.15) is 57.8 Å². The van der Waals surface area contributed by atoms with Crippen molar-refractivity contribution in [2.45, 2.75) is 59.5 Å². The van der Waals surface area contributed by atoms with Gasteiger partial charge in [-0.05, 0) is 49.9 Å². The van der Waals surface area contributed by atoms with E-state index in [9.17, 15) is 14.4 Å². The van der Waals surface area contributed by atoms with E-state index in [0.29, 0.717) is 31.0 Å². The second-order valence-electron chi connectivity index (χ2n) is 8.44. The van der Waals surface area contributed by atoms with Gasteiger partial charge in [-0.25, -0.2) is 0 Å². The fourth-order valence-corrected chi connectivity index (χ4v) is 3.47. The van der Waals surface area contributed by atoms with Crippen LogP contribution in [0.25, 0.3) is 0 Å². The van der Waals surface area contributed by atoms with Gasteiger partial charge in [-0.2, -0.15) is 0 Å². The lowest BCUT2D eigenvalue weighted by atomic mass is 9.99. The highest BCUT2D eigenvalue weighted by Gasteiger charge is 2.32. The zero-order valence-electron chi connectivity index (χ0n) is 18.7. The number of piperidine rings is 1. The number of carbonyl (C=O) groups is 3. The summed E-state index contributed by atoms with van der Waals surface area (Å²) in [4.78, 5) is 39.7. The van der Waals surface area contributed by atoms with E-state index in [-0.39, 0.29) is 35.6 Å². The average molecular weight is 418 g/mol. The van der Waals surface area contributed by atoms with E-state index in [1.807, 2.05) is 34.6 Å². The van der Waals surface area contributed by atoms with Crippen molar-refractivity contribution in [2.75, 3.05) is 19.7 Å². The number of nitrogens with one attached hydrogen (secondary N) is 2. The fraction of sp³-hybridized carbons (Fsp3) is 0.609. The highest BCUT2D eigenvalue weighted by Crippen LogP contribution is 2.16. The molecule has 0 aromatic heterocycles. The van der Waals surface area contributed by atoms with Crippen molar-refractivity contribution in [3.8, 4) is 5.75 Å². The van der Waals surface area contributed by atoms with Crippen LogP contribution in [0.4, 0.5) is 0 Å². The summed E-state index contributed by atoms with van der Waals surface area (Å²) in [5.41, 5.74) is 0.484. The van der Waals surface area contributed by atoms with Crippen LogP contribution >= 0.6 is 0 Å². The summed E-state index contributed by atoms with van der Waals surface area (Å²) in [7, 11) is 0. The first kappa shape index (κ1) is 23.7. The molecule has 1 aromatic rings. The Morgan fingerprint density at radius 3 is 2.37 bits per heavy atom. The maximum Gasteiger partial charge on any atom is 0.251 e. The molecule has 0 radical (unpaired) electrons. The van der Waals surface area contributed by atoms with Crippen LogP contribution in [-0.2, 0) is 9.59 Å². The zero-order valence-corrected chi connectivity index (χ0v) is 18.7. The molecule has 2 atom stereocenters. The molecule has 2 unspecified atom stereocenters. The third kappa shape index (κ3) is 6.47. The molecule has 0 bridgehead atoms. The number of likely N-dealkylation sites (tertiary alicyclic amines) is 1. The van der Waals surface area contributed by atoms with Crippen molar-refractivity contribution >= 4 is 17.7 Å². The normalized spacial score (nSPS) is 17.6. The number of carbonyl (C=O) groups excluding carboxylic acids is 3. The fourth-order valence-electron chi connectivity index (χ4n) is 3.47. The summed E-state index contributed by atoms with van der Waals surface area (Å²) in [6.07, 6.45) is 1.68. The maximum absolute atomic E-state index is 13.2. The molecule has 1 aliphatic heterocycles. The van der Waals surface area contributed by atoms with Crippen molar-refractivity contribution in [1.29, 1.82) is 0 Å². The Labute approximate surface area is 179 Å². The first-order valence-electron chi connectivity index (χ1n) is 10.9. The minimum atomic E-state index is -0.622. The summed E-state index contributed by atoms with van der Waals surface area (Å²) in [5.74, 6) is 0.161. The molecule has 166 valence electrons. The van der Waals surface area contributed by atoms with Gasteiger partial charge in [0.1, 0.15) is 11.8 Å². The summed E-state index contributed by atoms with van der Waals surface area (Å²) in [5, 5.41) is 5.92. The molecule has 1 aliphatic rings. The predicted molar refractivity (Wildman–Crippen MR) is 116 cm³/mol. The van der Waals surface area contributed by atoms with Crippen LogP contribution in [0, 0.1) is 11.8 Å². The second kappa shape index (κ2) is 11.0. The molecule has 30 heavy (non-hydrogen) atoms. The number of hydrogen-bond donors (Lipinski definition) is 2. The van der Waals surface area contributed by atoms with Gasteiger partial charge in [-0.3, -0.25) is 14.4 Å². The molecule has 1 heterocycles. The Morgan fingerprint density at radius 2 is 1.80 bits per heavy atom. The number of ether oxygens (including phenoxy) is 1. The Morgan fingerprint density at radius 1 is 1.13 bits per heavy atom. The zero-order chi connectivity index (χ0) is 22.3. The van der Waals surface area contributed by atoms with Crippen LogP contribution in [0.3, 0.4) is 0 Å². The highest BCUT2D eigenvalue weighted by atomic mass is 16.5. The third-order valence-corrected chi connectivity index (χ3v) is 5.25. The van der Waals surface area contributed by atoms with Gasteiger partial charge < -0.3 is 20.3 Å². The van der Waals surface area contributed by atoms with Gasteiger partial charge in [0, 0.05) is 30.6 Å². The monoisotopic (exact) mass is 417 g/mol. The van der Waals surface area contributed by atoms with E-state index in [1.165, 1.54) is 0 Å². The Balaban J connectivity index is 2.03. The first-order valence-corrected chi connectivity index (χ1v) is 10.9. The lowest BCUT2D eigenvalue weighted by Crippen LogP contribution is -2.56. The van der Waals surface area contributed by atoms with Gasteiger partial charge in [0.05, 0.1) is 6.61 Å². The number of benzene rings is 1. The van der Waals surface area contributed by atoms with Gasteiger partial charge in [-0.1, -0.05) is 27.7 Å². The Bertz CT molecular complexity index is 730. The minimum Gasteiger partial charge on any atom is -0.494 e. The molecule has 1 aromatic carbocycles. The van der Waals surface area contributed by atoms with Gasteiger partial charge >= 0.3 is 0 Å². The Hall–Kier alpha value is -2.57. The van der Waals surface area contributed by atoms with Gasteiger partial charge in [0.25, 0.3) is 5.91 Å². The number of rotatable bonds is 8. The molecule has 0 aliphatic carbocycles. The molecule has 2 rings (SSSR count). The van der Waals surface area contributed by atoms with Crippen LogP contribution in [-0.4, -0.2) is 54.4 Å². The van der Waals surface area contributed by atoms with Crippen molar-refractivity contribution in [3.63, 3.8) is 0 Å². The van der Waals surface area contributed by atoms with Crippen molar-refractivity contribution in [3.05, 3.63) is 29.8 Å². The van der Waals surface area contributed by atoms with Gasteiger partial charge in [0.15, 0.2) is 0 Å². The number of nitrogens with zero attached hydrogens (tertiary/aromatic N) is 1. The maximum atomic E-state index is 13.2. The lowest BCUT2D eigenvalue weighted by Gasteiger charge is -2.36. The highest BCUT2D eigenvalue weighted by molar-refractivity contribution is 5.97. The molecular formula is C23H35N3O4. The summed E-state index contributed by atoms with van der Waals surface area (Å²) < 4.78 is 5.41. The van der Waals surface area contributed by atoms with Crippen molar-refractivity contribution in [2.24, 2.45) is 11.8 Å². The molecule has 0 spiro atoms. The van der Waals surface area contributed by atoms with Crippen LogP contribution in [0.2, 0.25) is 0 Å². The van der Waals surface area contributed by atoms with Gasteiger partial charge in [0.2, 0.25) is 11.8 Å². The topological polar surface area (TPSA) is 87.7 Å². The van der Waals surface area contributed by atoms with Gasteiger partial charge in [-0.15, -0.1) is 0 Å². The summed E-state index contributed by atoms with van der Waals surface area (Å²) in [6.45, 7) is 11.1. The molecule has 2 N–H and O–H groups in total. The average Bonchev–Trinajstić information content (AvgIpc) is 2.72. The third-order valence-electron chi connectivity index (χ3n) is 5.25. The summed E-state index contributed by atoms with van der Waals surface area (Å²) >= 11 is 0. The molecule has 3 amide bonds. The van der Waals surface area contributed by atoms with Crippen molar-refractivity contribution in [1.82, 2.24) is 15.5 Å². The molecule has 1 saturated heterocycles. The molecule has 0 saturated carbocycles. The molecule has 7 nitrogen and oxygen atoms in total. The quantitative estimate of drug-likeness (QED) is 0.681. The Kier molecular flexibility index (Phi) is 8.69. The smallest absolute Gasteiger partial charge is 0.251 e. The van der Waals surface area contributed by atoms with E-state index in [2.05, 4.69) is 10.6 Å². The van der Waals surface area contributed by atoms with Crippen molar-refractivity contribution < 1.29 is 19.1 Å². The second-order valence-corrected chi connectivity index (χ2v) is 8.44. The van der Waals surface area contributed by atoms with E-state index in [1.54, 1.807) is 29.2 Å². The number of amides is 3. The van der Waals surface area contributed by atoms with E-state index >= 15 is 0 Å². The van der Waals surface area contributed by atoms with E-state index < -0.39 is 6.04 Å². The van der Waals surface area contributed by atoms with E-state index in [0.717, 1.165) is 12.8 Å². The SMILES string of the molecule is CCOc1ccc(C(=O)NC(C(=O)N2CCCC(NC(=O)C(C)C)C2)C(C)C)cc1. The largest absolute Gasteiger partial charge is 0.494 e. The molecular weight excluding hydrogens is 382 g/mol. The first-order chi connectivity index (χ1) is 14.2. The van der Waals surface area contributed by atoms with E-state index in [4.69, 9.17) is 4.74 Å². The van der Waals surface area contributed by atoms with Crippen LogP contribution < -0.4 is 15.4 Å².